The Bertz CT molecular complexity index is 1150. The Morgan fingerprint density at radius 3 is 2.97 bits per heavy atom. The summed E-state index contributed by atoms with van der Waals surface area (Å²) in [5.41, 5.74) is 1.30. The van der Waals surface area contributed by atoms with Crippen LogP contribution in [0.25, 0.3) is 16.6 Å². The Morgan fingerprint density at radius 1 is 1.19 bits per heavy atom. The summed E-state index contributed by atoms with van der Waals surface area (Å²) >= 11 is 0. The molecule has 2 aliphatic rings. The van der Waals surface area contributed by atoms with Crippen molar-refractivity contribution in [1.82, 2.24) is 29.0 Å². The highest BCUT2D eigenvalue weighted by Gasteiger charge is 2.33. The van der Waals surface area contributed by atoms with Gasteiger partial charge in [0, 0.05) is 51.1 Å². The van der Waals surface area contributed by atoms with Crippen LogP contribution < -0.4 is 5.56 Å². The van der Waals surface area contributed by atoms with Crippen LogP contribution in [0.15, 0.2) is 35.5 Å². The minimum Gasteiger partial charge on any atom is -0.345 e. The van der Waals surface area contributed by atoms with Crippen LogP contribution in [0, 0.1) is 5.92 Å². The molecular weight excluding hydrogens is 392 g/mol. The molecule has 3 aromatic rings. The number of hydrogen-bond acceptors (Lipinski definition) is 5. The van der Waals surface area contributed by atoms with E-state index in [9.17, 15) is 9.59 Å². The van der Waals surface area contributed by atoms with Gasteiger partial charge in [0.2, 0.25) is 5.91 Å². The van der Waals surface area contributed by atoms with Crippen molar-refractivity contribution in [2.24, 2.45) is 5.92 Å². The molecule has 31 heavy (non-hydrogen) atoms. The van der Waals surface area contributed by atoms with Crippen molar-refractivity contribution < 1.29 is 4.79 Å². The molecule has 0 unspecified atom stereocenters. The van der Waals surface area contributed by atoms with Crippen LogP contribution in [0.2, 0.25) is 0 Å². The maximum Gasteiger partial charge on any atom is 0.261 e. The topological polar surface area (TPSA) is 75.7 Å². The average molecular weight is 423 g/mol. The number of nitrogens with zero attached hydrogens (tertiary/aromatic N) is 6. The molecule has 2 atom stereocenters. The Labute approximate surface area is 181 Å². The zero-order valence-electron chi connectivity index (χ0n) is 18.1. The molecule has 0 bridgehead atoms. The number of fused-ring (bicyclic) bond motifs is 4. The molecular formula is C23H30N6O2. The molecule has 8 nitrogen and oxygen atoms in total. The molecule has 2 saturated heterocycles. The normalized spacial score (nSPS) is 22.0. The molecule has 5 heterocycles. The molecule has 0 aliphatic carbocycles. The molecule has 0 saturated carbocycles. The average Bonchev–Trinajstić information content (AvgIpc) is 3.28. The third-order valence-electron chi connectivity index (χ3n) is 7.09. The van der Waals surface area contributed by atoms with Gasteiger partial charge in [-0.2, -0.15) is 5.10 Å². The zero-order valence-corrected chi connectivity index (χ0v) is 18.1. The summed E-state index contributed by atoms with van der Waals surface area (Å²) in [6.45, 7) is 3.61. The molecule has 0 N–H and O–H groups in total. The molecule has 0 aromatic carbocycles. The van der Waals surface area contributed by atoms with Crippen molar-refractivity contribution in [3.8, 4) is 0 Å². The van der Waals surface area contributed by atoms with E-state index >= 15 is 0 Å². The first-order valence-electron chi connectivity index (χ1n) is 11.4. The van der Waals surface area contributed by atoms with Gasteiger partial charge in [-0.25, -0.2) is 9.50 Å². The number of pyridine rings is 1. The van der Waals surface area contributed by atoms with Crippen LogP contribution >= 0.6 is 0 Å². The smallest absolute Gasteiger partial charge is 0.261 e. The third kappa shape index (κ3) is 3.84. The second-order valence-corrected chi connectivity index (χ2v) is 9.00. The van der Waals surface area contributed by atoms with Gasteiger partial charge in [-0.15, -0.1) is 0 Å². The minimum absolute atomic E-state index is 0.0978. The Hall–Kier alpha value is -2.74. The van der Waals surface area contributed by atoms with E-state index in [1.54, 1.807) is 33.7 Å². The van der Waals surface area contributed by atoms with Crippen molar-refractivity contribution in [3.63, 3.8) is 0 Å². The number of carbonyl (C=O) groups excluding carboxylic acids is 1. The summed E-state index contributed by atoms with van der Waals surface area (Å²) in [6, 6.07) is 4.30. The second kappa shape index (κ2) is 8.42. The van der Waals surface area contributed by atoms with Crippen molar-refractivity contribution in [2.45, 2.75) is 51.1 Å². The highest BCUT2D eigenvalue weighted by atomic mass is 16.2. The molecule has 5 rings (SSSR count). The van der Waals surface area contributed by atoms with E-state index in [0.717, 1.165) is 12.1 Å². The van der Waals surface area contributed by atoms with E-state index in [0.29, 0.717) is 36.0 Å². The summed E-state index contributed by atoms with van der Waals surface area (Å²) in [7, 11) is 1.91. The van der Waals surface area contributed by atoms with Crippen LogP contribution in [0.3, 0.4) is 0 Å². The lowest BCUT2D eigenvalue weighted by Gasteiger charge is -2.45. The van der Waals surface area contributed by atoms with Gasteiger partial charge >= 0.3 is 0 Å². The Morgan fingerprint density at radius 2 is 2.06 bits per heavy atom. The maximum absolute atomic E-state index is 12.9. The molecule has 8 heteroatoms. The number of carbonyl (C=O) groups is 1. The molecule has 2 fully saturated rings. The third-order valence-corrected chi connectivity index (χ3v) is 7.09. The number of aromatic nitrogens is 4. The van der Waals surface area contributed by atoms with E-state index in [4.69, 9.17) is 0 Å². The van der Waals surface area contributed by atoms with E-state index in [-0.39, 0.29) is 11.5 Å². The van der Waals surface area contributed by atoms with Crippen molar-refractivity contribution in [1.29, 1.82) is 0 Å². The van der Waals surface area contributed by atoms with Crippen LogP contribution in [0.4, 0.5) is 0 Å². The monoisotopic (exact) mass is 422 g/mol. The van der Waals surface area contributed by atoms with Crippen LogP contribution in [0.5, 0.6) is 0 Å². The van der Waals surface area contributed by atoms with E-state index < -0.39 is 0 Å². The number of rotatable bonds is 5. The second-order valence-electron chi connectivity index (χ2n) is 9.00. The van der Waals surface area contributed by atoms with Gasteiger partial charge in [-0.1, -0.05) is 6.42 Å². The highest BCUT2D eigenvalue weighted by Crippen LogP contribution is 2.31. The van der Waals surface area contributed by atoms with Crippen LogP contribution in [-0.2, 0) is 11.3 Å². The largest absolute Gasteiger partial charge is 0.345 e. The highest BCUT2D eigenvalue weighted by molar-refractivity contribution is 5.79. The van der Waals surface area contributed by atoms with Crippen LogP contribution in [0.1, 0.15) is 38.5 Å². The van der Waals surface area contributed by atoms with Crippen molar-refractivity contribution in [3.05, 3.63) is 41.1 Å². The van der Waals surface area contributed by atoms with Crippen molar-refractivity contribution in [2.75, 3.05) is 26.7 Å². The van der Waals surface area contributed by atoms with E-state index in [1.807, 2.05) is 18.0 Å². The number of piperidine rings is 2. The van der Waals surface area contributed by atoms with Crippen LogP contribution in [-0.4, -0.2) is 67.6 Å². The Kier molecular flexibility index (Phi) is 5.48. The molecule has 2 aliphatic heterocycles. The summed E-state index contributed by atoms with van der Waals surface area (Å²) < 4.78 is 3.27. The lowest BCUT2D eigenvalue weighted by Crippen LogP contribution is -2.51. The van der Waals surface area contributed by atoms with Gasteiger partial charge in [-0.05, 0) is 50.8 Å². The zero-order chi connectivity index (χ0) is 21.4. The first-order valence-corrected chi connectivity index (χ1v) is 11.4. The number of amides is 1. The number of hydrogen-bond donors (Lipinski definition) is 0. The molecule has 3 aromatic heterocycles. The molecule has 0 spiro atoms. The first kappa shape index (κ1) is 20.2. The van der Waals surface area contributed by atoms with Gasteiger partial charge in [0.05, 0.1) is 17.1 Å². The number of aryl methyl sites for hydroxylation is 1. The fourth-order valence-electron chi connectivity index (χ4n) is 5.43. The van der Waals surface area contributed by atoms with Crippen molar-refractivity contribution >= 4 is 22.5 Å². The van der Waals surface area contributed by atoms with E-state index in [2.05, 4.69) is 15.0 Å². The van der Waals surface area contributed by atoms with Gasteiger partial charge in [0.25, 0.3) is 5.56 Å². The Balaban J connectivity index is 1.24. The first-order chi connectivity index (χ1) is 15.1. The molecule has 1 amide bonds. The predicted octanol–water partition coefficient (Wildman–Crippen LogP) is 2.16. The summed E-state index contributed by atoms with van der Waals surface area (Å²) in [4.78, 5) is 34.6. The quantitative estimate of drug-likeness (QED) is 0.630. The van der Waals surface area contributed by atoms with Gasteiger partial charge < -0.3 is 14.4 Å². The van der Waals surface area contributed by atoms with E-state index in [1.165, 1.54) is 45.2 Å². The molecule has 164 valence electrons. The lowest BCUT2D eigenvalue weighted by atomic mass is 9.83. The standard InChI is InChI=1S/C23H30N6O2/c1-26(16-17-5-4-12-27-11-3-2-6-19(17)27)22(30)9-14-28-13-8-20-18(23(28)31)15-24-21-7-10-25-29(20)21/h7-8,10,13,15,17,19H,2-6,9,11-12,14,16H2,1H3/t17-,19-/m0/s1. The van der Waals surface area contributed by atoms with Gasteiger partial charge in [-0.3, -0.25) is 9.59 Å². The molecule has 0 radical (unpaired) electrons. The summed E-state index contributed by atoms with van der Waals surface area (Å²) in [5, 5.41) is 4.75. The fourth-order valence-corrected chi connectivity index (χ4v) is 5.43. The lowest BCUT2D eigenvalue weighted by molar-refractivity contribution is -0.131. The van der Waals surface area contributed by atoms with Gasteiger partial charge in [0.1, 0.15) is 0 Å². The minimum atomic E-state index is -0.136. The SMILES string of the molecule is CN(C[C@@H]1CCCN2CCCC[C@@H]12)C(=O)CCn1ccc2c(cnc3ccnn32)c1=O. The summed E-state index contributed by atoms with van der Waals surface area (Å²) in [6.07, 6.45) is 11.6. The fraction of sp³-hybridized carbons (Fsp3) is 0.565. The summed E-state index contributed by atoms with van der Waals surface area (Å²) in [5.74, 6) is 0.662. The maximum atomic E-state index is 12.9. The van der Waals surface area contributed by atoms with Gasteiger partial charge in [0.15, 0.2) is 5.65 Å². The predicted molar refractivity (Wildman–Crippen MR) is 119 cm³/mol.